The molecule has 0 fully saturated rings. The van der Waals surface area contributed by atoms with Crippen molar-refractivity contribution in [1.29, 1.82) is 0 Å². The van der Waals surface area contributed by atoms with Gasteiger partial charge in [0.15, 0.2) is 0 Å². The summed E-state index contributed by atoms with van der Waals surface area (Å²) in [5, 5.41) is 0. The fourth-order valence-electron chi connectivity index (χ4n) is 0. The van der Waals surface area contributed by atoms with Crippen LogP contribution in [0, 0.1) is 0 Å². The van der Waals surface area contributed by atoms with Crippen LogP contribution in [-0.2, 0) is 3.78 Å². The molecule has 0 rings (SSSR count). The predicted molar refractivity (Wildman–Crippen MR) is 7.84 cm³/mol. The first-order valence-corrected chi connectivity index (χ1v) is 2.45. The van der Waals surface area contributed by atoms with E-state index in [1.54, 1.807) is 0 Å². The Morgan fingerprint density at radius 2 is 1.75 bits per heavy atom. The number of hydrogen-bond acceptors (Lipinski definition) is 2. The van der Waals surface area contributed by atoms with Crippen molar-refractivity contribution in [3.8, 4) is 0 Å². The molecule has 0 heterocycles. The minimum absolute atomic E-state index is 0. The molecule has 18 valence electrons. The van der Waals surface area contributed by atoms with E-state index in [4.69, 9.17) is 7.91 Å². The molecule has 0 bridgehead atoms. The number of hydrogen-bond donors (Lipinski definition) is 0. The molecular formula is HCsGeO2. The third-order valence-electron chi connectivity index (χ3n) is 0. The molecule has 4 heteroatoms. The van der Waals surface area contributed by atoms with Crippen molar-refractivity contribution in [2.45, 2.75) is 0 Å². The molecule has 0 amide bonds. The Balaban J connectivity index is 0. The monoisotopic (exact) mass is 240 g/mol. The summed E-state index contributed by atoms with van der Waals surface area (Å²) >= 11 is -2.19. The molecule has 0 spiro atoms. The fraction of sp³-hybridized carbons (Fsp3) is 0. The Morgan fingerprint density at radius 1 is 1.75 bits per heavy atom. The Bertz CT molecular complexity index is 13.5. The molecule has 4 heavy (non-hydrogen) atoms. The normalized spacial score (nSPS) is 3.00. The third kappa shape index (κ3) is 8.89. The quantitative estimate of drug-likeness (QED) is 0.397. The SMILES string of the molecule is [Cs+].[O]=[GeH][O-]. The van der Waals surface area contributed by atoms with E-state index in [2.05, 4.69) is 0 Å². The molecule has 0 aliphatic carbocycles. The van der Waals surface area contributed by atoms with E-state index in [0.29, 0.717) is 0 Å². The van der Waals surface area contributed by atoms with E-state index >= 15 is 0 Å². The van der Waals surface area contributed by atoms with Crippen LogP contribution in [0.3, 0.4) is 0 Å². The van der Waals surface area contributed by atoms with Crippen LogP contribution >= 0.6 is 0 Å². The maximum absolute atomic E-state index is 8.53. The zero-order chi connectivity index (χ0) is 2.71. The predicted octanol–water partition coefficient (Wildman–Crippen LogP) is -4.95. The molecule has 0 N–H and O–H groups in total. The van der Waals surface area contributed by atoms with Crippen LogP contribution in [0.4, 0.5) is 0 Å². The Hall–Kier alpha value is 2.19. The van der Waals surface area contributed by atoms with Crippen molar-refractivity contribution in [3.05, 3.63) is 0 Å². The molecule has 2 nitrogen and oxygen atoms in total. The van der Waals surface area contributed by atoms with E-state index in [1.807, 2.05) is 0 Å². The second kappa shape index (κ2) is 8.96. The zero-order valence-corrected chi connectivity index (χ0v) is 11.1. The number of rotatable bonds is 0. The fourth-order valence-corrected chi connectivity index (χ4v) is 0. The summed E-state index contributed by atoms with van der Waals surface area (Å²) in [6.07, 6.45) is 0. The van der Waals surface area contributed by atoms with Gasteiger partial charge in [0.1, 0.15) is 0 Å². The Morgan fingerprint density at radius 3 is 1.75 bits per heavy atom. The second-order valence-corrected chi connectivity index (χ2v) is 0.500. The summed E-state index contributed by atoms with van der Waals surface area (Å²) in [7, 11) is 0. The van der Waals surface area contributed by atoms with E-state index in [0.717, 1.165) is 0 Å². The van der Waals surface area contributed by atoms with Crippen LogP contribution in [-0.4, -0.2) is 15.7 Å². The van der Waals surface area contributed by atoms with Gasteiger partial charge in [0.25, 0.3) is 0 Å². The van der Waals surface area contributed by atoms with Gasteiger partial charge >= 0.3 is 92.5 Å². The molecule has 0 saturated heterocycles. The summed E-state index contributed by atoms with van der Waals surface area (Å²) in [6.45, 7) is 0. The first kappa shape index (κ1) is 9.50. The maximum atomic E-state index is 8.53. The van der Waals surface area contributed by atoms with Gasteiger partial charge in [-0.2, -0.15) is 0 Å². The molecule has 0 saturated carbocycles. The van der Waals surface area contributed by atoms with Crippen molar-refractivity contribution >= 4 is 15.7 Å². The zero-order valence-electron chi connectivity index (χ0n) is 2.39. The van der Waals surface area contributed by atoms with Gasteiger partial charge in [-0.05, 0) is 0 Å². The third-order valence-corrected chi connectivity index (χ3v) is 0. The average molecular weight is 239 g/mol. The van der Waals surface area contributed by atoms with Gasteiger partial charge in [-0.1, -0.05) is 0 Å². The first-order valence-electron chi connectivity index (χ1n) is 0.471. The van der Waals surface area contributed by atoms with Crippen LogP contribution in [0.15, 0.2) is 0 Å². The van der Waals surface area contributed by atoms with Gasteiger partial charge in [0, 0.05) is 0 Å². The van der Waals surface area contributed by atoms with E-state index in [1.165, 1.54) is 0 Å². The molecule has 0 atom stereocenters. The van der Waals surface area contributed by atoms with Gasteiger partial charge in [-0.15, -0.1) is 0 Å². The molecule has 0 radical (unpaired) electrons. The molecular weight excluding hydrogens is 238 g/mol. The van der Waals surface area contributed by atoms with E-state index in [9.17, 15) is 0 Å². The van der Waals surface area contributed by atoms with Crippen LogP contribution in [0.1, 0.15) is 0 Å². The van der Waals surface area contributed by atoms with Crippen molar-refractivity contribution in [2.75, 3.05) is 0 Å². The van der Waals surface area contributed by atoms with E-state index < -0.39 is 15.7 Å². The molecule has 0 aromatic carbocycles. The molecule has 0 aliphatic rings. The van der Waals surface area contributed by atoms with Crippen molar-refractivity contribution in [3.63, 3.8) is 0 Å². The minimum atomic E-state index is -2.19. The van der Waals surface area contributed by atoms with Gasteiger partial charge in [-0.25, -0.2) is 0 Å². The van der Waals surface area contributed by atoms with Crippen molar-refractivity contribution in [2.24, 2.45) is 0 Å². The Kier molecular flexibility index (Phi) is 21.3. The Labute approximate surface area is 89.8 Å². The molecule has 0 aliphatic heterocycles. The van der Waals surface area contributed by atoms with Gasteiger partial charge in [-0.3, -0.25) is 0 Å². The van der Waals surface area contributed by atoms with Crippen LogP contribution in [0.2, 0.25) is 0 Å². The van der Waals surface area contributed by atoms with Gasteiger partial charge in [0.05, 0.1) is 0 Å². The summed E-state index contributed by atoms with van der Waals surface area (Å²) in [6, 6.07) is 0. The first-order chi connectivity index (χ1) is 1.41. The molecule has 0 aromatic heterocycles. The summed E-state index contributed by atoms with van der Waals surface area (Å²) < 4.78 is 17.1. The topological polar surface area (TPSA) is 40.1 Å². The molecule has 0 aromatic rings. The standard InChI is InChI=1S/Cs.GeHO2/c;2-1-3/h;1H/q+1;-1. The average Bonchev–Trinajstić information content (AvgIpc) is 0.918. The van der Waals surface area contributed by atoms with Gasteiger partial charge in [0.2, 0.25) is 0 Å². The van der Waals surface area contributed by atoms with Crippen LogP contribution in [0.5, 0.6) is 0 Å². The second-order valence-electron chi connectivity index (χ2n) is 0.0962. The van der Waals surface area contributed by atoms with E-state index in [-0.39, 0.29) is 68.9 Å². The van der Waals surface area contributed by atoms with Crippen molar-refractivity contribution in [1.82, 2.24) is 0 Å². The van der Waals surface area contributed by atoms with Gasteiger partial charge < -0.3 is 0 Å². The summed E-state index contributed by atoms with van der Waals surface area (Å²) in [4.78, 5) is 0. The van der Waals surface area contributed by atoms with Crippen LogP contribution < -0.4 is 73.0 Å². The summed E-state index contributed by atoms with van der Waals surface area (Å²) in [5.74, 6) is 0. The van der Waals surface area contributed by atoms with Crippen LogP contribution in [0.25, 0.3) is 0 Å². The summed E-state index contributed by atoms with van der Waals surface area (Å²) in [5.41, 5.74) is 0. The van der Waals surface area contributed by atoms with Crippen molar-refractivity contribution < 1.29 is 76.8 Å². The molecule has 0 unspecified atom stereocenters.